The molecular weight excluding hydrogens is 246 g/mol. The number of nitrogens with zero attached hydrogens (tertiary/aromatic N) is 1. The quantitative estimate of drug-likeness (QED) is 0.772. The van der Waals surface area contributed by atoms with Crippen molar-refractivity contribution in [1.29, 1.82) is 0 Å². The monoisotopic (exact) mass is 265 g/mol. The number of amidine groups is 1. The fourth-order valence-corrected chi connectivity index (χ4v) is 3.32. The van der Waals surface area contributed by atoms with Crippen molar-refractivity contribution in [3.63, 3.8) is 0 Å². The second kappa shape index (κ2) is 4.93. The number of hydrogen-bond donors (Lipinski definition) is 2. The van der Waals surface area contributed by atoms with Gasteiger partial charge in [-0.2, -0.15) is 0 Å². The van der Waals surface area contributed by atoms with E-state index in [0.717, 1.165) is 11.7 Å². The minimum Gasteiger partial charge on any atom is -0.363 e. The molecule has 7 heteroatoms. The normalized spacial score (nSPS) is 22.0. The number of aliphatic imine (C=N–C) groups is 1. The second-order valence-corrected chi connectivity index (χ2v) is 7.86. The van der Waals surface area contributed by atoms with Crippen LogP contribution in [0.15, 0.2) is 4.99 Å². The minimum atomic E-state index is -3.17. The van der Waals surface area contributed by atoms with Crippen LogP contribution in [0.4, 0.5) is 0 Å². The van der Waals surface area contributed by atoms with E-state index in [0.29, 0.717) is 11.8 Å². The summed E-state index contributed by atoms with van der Waals surface area (Å²) in [5.74, 6) is 0. The maximum Gasteiger partial charge on any atom is 0.209 e. The molecule has 0 radical (unpaired) electrons. The number of thioether (sulfide) groups is 1. The van der Waals surface area contributed by atoms with Crippen molar-refractivity contribution in [2.24, 2.45) is 4.99 Å². The Morgan fingerprint density at radius 1 is 1.56 bits per heavy atom. The third kappa shape index (κ3) is 5.18. The molecule has 5 nitrogen and oxygen atoms in total. The highest BCUT2D eigenvalue weighted by Gasteiger charge is 2.23. The Kier molecular flexibility index (Phi) is 4.25. The highest BCUT2D eigenvalue weighted by molar-refractivity contribution is 8.14. The molecule has 2 N–H and O–H groups in total. The summed E-state index contributed by atoms with van der Waals surface area (Å²) in [5.41, 5.74) is -0.511. The van der Waals surface area contributed by atoms with Crippen LogP contribution in [-0.2, 0) is 10.0 Å². The lowest BCUT2D eigenvalue weighted by Crippen LogP contribution is -2.50. The van der Waals surface area contributed by atoms with Gasteiger partial charge in [0.25, 0.3) is 0 Å². The Hall–Kier alpha value is -0.270. The van der Waals surface area contributed by atoms with E-state index in [9.17, 15) is 8.42 Å². The second-order valence-electron chi connectivity index (χ2n) is 4.69. The lowest BCUT2D eigenvalue weighted by atomic mass is 10.1. The molecule has 0 aliphatic carbocycles. The van der Waals surface area contributed by atoms with E-state index in [4.69, 9.17) is 0 Å². The molecule has 0 saturated heterocycles. The van der Waals surface area contributed by atoms with Gasteiger partial charge in [-0.15, -0.1) is 0 Å². The van der Waals surface area contributed by atoms with Gasteiger partial charge in [0.05, 0.1) is 12.8 Å². The first kappa shape index (κ1) is 13.8. The van der Waals surface area contributed by atoms with Gasteiger partial charge in [-0.1, -0.05) is 18.7 Å². The van der Waals surface area contributed by atoms with Gasteiger partial charge in [0, 0.05) is 17.3 Å². The van der Waals surface area contributed by atoms with Crippen LogP contribution in [0, 0.1) is 0 Å². The summed E-state index contributed by atoms with van der Waals surface area (Å²) in [5, 5.41) is 4.57. The summed E-state index contributed by atoms with van der Waals surface area (Å²) in [4.78, 5) is 4.31. The van der Waals surface area contributed by atoms with Crippen molar-refractivity contribution in [2.45, 2.75) is 31.6 Å². The fourth-order valence-electron chi connectivity index (χ4n) is 1.41. The Bertz CT molecular complexity index is 376. The summed E-state index contributed by atoms with van der Waals surface area (Å²) < 4.78 is 24.8. The maximum atomic E-state index is 11.1. The van der Waals surface area contributed by atoms with Gasteiger partial charge >= 0.3 is 0 Å². The molecule has 0 aromatic heterocycles. The molecule has 0 fully saturated rings. The summed E-state index contributed by atoms with van der Waals surface area (Å²) in [6.45, 7) is 7.14. The van der Waals surface area contributed by atoms with Gasteiger partial charge in [0.15, 0.2) is 5.17 Å². The van der Waals surface area contributed by atoms with Crippen LogP contribution in [-0.4, -0.2) is 43.7 Å². The van der Waals surface area contributed by atoms with Crippen LogP contribution in [0.5, 0.6) is 0 Å². The fraction of sp³-hybridized carbons (Fsp3) is 0.889. The van der Waals surface area contributed by atoms with Gasteiger partial charge < -0.3 is 5.32 Å². The standard InChI is InChI=1S/C9H19N3O2S2/c1-7-5-10-8(15-7)11-6-9(2,3)12-16(4,13)14/h7,12H,5-6H2,1-4H3,(H,10,11). The summed E-state index contributed by atoms with van der Waals surface area (Å²) >= 11 is 1.69. The van der Waals surface area contributed by atoms with Gasteiger partial charge in [-0.25, -0.2) is 13.1 Å². The molecule has 0 bridgehead atoms. The number of nitrogens with one attached hydrogen (secondary N) is 2. The van der Waals surface area contributed by atoms with Crippen LogP contribution in [0.3, 0.4) is 0 Å². The van der Waals surface area contributed by atoms with Crippen LogP contribution in [0.1, 0.15) is 20.8 Å². The third-order valence-electron chi connectivity index (χ3n) is 1.95. The van der Waals surface area contributed by atoms with Crippen molar-refractivity contribution in [3.05, 3.63) is 0 Å². The van der Waals surface area contributed by atoms with Gasteiger partial charge in [-0.05, 0) is 13.8 Å². The van der Waals surface area contributed by atoms with Crippen molar-refractivity contribution in [1.82, 2.24) is 10.0 Å². The molecule has 0 spiro atoms. The predicted octanol–water partition coefficient (Wildman–Crippen LogP) is 0.395. The first-order valence-corrected chi connectivity index (χ1v) is 7.89. The van der Waals surface area contributed by atoms with Gasteiger partial charge in [-0.3, -0.25) is 4.99 Å². The van der Waals surface area contributed by atoms with E-state index >= 15 is 0 Å². The minimum absolute atomic E-state index is 0.508. The zero-order valence-corrected chi connectivity index (χ0v) is 11.7. The Morgan fingerprint density at radius 2 is 2.19 bits per heavy atom. The summed E-state index contributed by atoms with van der Waals surface area (Å²) in [6, 6.07) is 0. The highest BCUT2D eigenvalue weighted by atomic mass is 32.2. The molecule has 0 amide bonds. The molecule has 16 heavy (non-hydrogen) atoms. The SMILES string of the molecule is CC1CN=C(NCC(C)(C)NS(C)(=O)=O)S1. The lowest BCUT2D eigenvalue weighted by Gasteiger charge is -2.25. The molecule has 1 aliphatic heterocycles. The topological polar surface area (TPSA) is 70.6 Å². The summed E-state index contributed by atoms with van der Waals surface area (Å²) in [6.07, 6.45) is 1.17. The van der Waals surface area contributed by atoms with E-state index in [1.54, 1.807) is 11.8 Å². The van der Waals surface area contributed by atoms with E-state index in [1.165, 1.54) is 6.26 Å². The van der Waals surface area contributed by atoms with Crippen molar-refractivity contribution < 1.29 is 8.42 Å². The van der Waals surface area contributed by atoms with Gasteiger partial charge in [0.2, 0.25) is 10.0 Å². The first-order chi connectivity index (χ1) is 7.18. The molecule has 1 heterocycles. The molecule has 0 aromatic rings. The molecule has 0 aromatic carbocycles. The molecule has 1 aliphatic rings. The van der Waals surface area contributed by atoms with E-state index in [2.05, 4.69) is 22.0 Å². The molecule has 94 valence electrons. The molecular formula is C9H19N3O2S2. The van der Waals surface area contributed by atoms with Crippen LogP contribution < -0.4 is 10.0 Å². The van der Waals surface area contributed by atoms with E-state index < -0.39 is 15.6 Å². The van der Waals surface area contributed by atoms with E-state index in [1.807, 2.05) is 13.8 Å². The highest BCUT2D eigenvalue weighted by Crippen LogP contribution is 2.18. The Morgan fingerprint density at radius 3 is 2.62 bits per heavy atom. The van der Waals surface area contributed by atoms with Crippen molar-refractivity contribution >= 4 is 27.0 Å². The largest absolute Gasteiger partial charge is 0.363 e. The molecule has 1 rings (SSSR count). The molecule has 1 unspecified atom stereocenters. The maximum absolute atomic E-state index is 11.1. The van der Waals surface area contributed by atoms with Crippen molar-refractivity contribution in [3.8, 4) is 0 Å². The van der Waals surface area contributed by atoms with Gasteiger partial charge in [0.1, 0.15) is 0 Å². The molecule has 1 atom stereocenters. The van der Waals surface area contributed by atoms with E-state index in [-0.39, 0.29) is 0 Å². The Labute approximate surface area is 102 Å². The smallest absolute Gasteiger partial charge is 0.209 e. The average molecular weight is 265 g/mol. The zero-order chi connectivity index (χ0) is 12.4. The average Bonchev–Trinajstić information content (AvgIpc) is 2.44. The number of sulfonamides is 1. The van der Waals surface area contributed by atoms with Crippen LogP contribution >= 0.6 is 11.8 Å². The Balaban J connectivity index is 2.42. The predicted molar refractivity (Wildman–Crippen MR) is 69.4 cm³/mol. The number of rotatable bonds is 4. The van der Waals surface area contributed by atoms with Crippen molar-refractivity contribution in [2.75, 3.05) is 19.3 Å². The van der Waals surface area contributed by atoms with Crippen LogP contribution in [0.25, 0.3) is 0 Å². The third-order valence-corrected chi connectivity index (χ3v) is 3.92. The zero-order valence-electron chi connectivity index (χ0n) is 10.1. The van der Waals surface area contributed by atoms with Crippen LogP contribution in [0.2, 0.25) is 0 Å². The molecule has 0 saturated carbocycles. The number of hydrogen-bond acceptors (Lipinski definition) is 5. The summed E-state index contributed by atoms with van der Waals surface area (Å²) in [7, 11) is -3.17. The lowest BCUT2D eigenvalue weighted by molar-refractivity contribution is 0.450. The first-order valence-electron chi connectivity index (χ1n) is 5.12.